The Kier molecular flexibility index (Phi) is 2.01. The first kappa shape index (κ1) is 10.7. The maximum absolute atomic E-state index is 11.7. The van der Waals surface area contributed by atoms with Gasteiger partial charge in [-0.3, -0.25) is 9.59 Å². The van der Waals surface area contributed by atoms with E-state index in [4.69, 9.17) is 4.74 Å². The second-order valence-electron chi connectivity index (χ2n) is 5.86. The van der Waals surface area contributed by atoms with Crippen molar-refractivity contribution in [3.05, 3.63) is 0 Å². The summed E-state index contributed by atoms with van der Waals surface area (Å²) in [6.45, 7) is 7.57. The third-order valence-electron chi connectivity index (χ3n) is 4.13. The number of ketones is 1. The number of hydrogen-bond donors (Lipinski definition) is 0. The summed E-state index contributed by atoms with van der Waals surface area (Å²) in [5, 5.41) is 0. The molecule has 2 aliphatic carbocycles. The Bertz CT molecular complexity index is 327. The lowest BCUT2D eigenvalue weighted by Crippen LogP contribution is -2.46. The minimum atomic E-state index is -0.241. The van der Waals surface area contributed by atoms with E-state index in [1.807, 2.05) is 13.8 Å². The van der Waals surface area contributed by atoms with E-state index in [1.165, 1.54) is 6.92 Å². The molecule has 0 saturated heterocycles. The van der Waals surface area contributed by atoms with Crippen molar-refractivity contribution in [2.24, 2.45) is 16.7 Å². The number of Topliss-reactive ketones (excluding diaryl/α,β-unsaturated/α-hetero) is 1. The van der Waals surface area contributed by atoms with E-state index in [0.717, 1.165) is 6.42 Å². The van der Waals surface area contributed by atoms with Crippen LogP contribution < -0.4 is 0 Å². The Morgan fingerprint density at radius 1 is 1.40 bits per heavy atom. The van der Waals surface area contributed by atoms with Gasteiger partial charge in [0.05, 0.1) is 0 Å². The predicted octanol–water partition coefficient (Wildman–Crippen LogP) is 1.94. The van der Waals surface area contributed by atoms with Crippen LogP contribution in [0.2, 0.25) is 0 Å². The van der Waals surface area contributed by atoms with Crippen LogP contribution in [0.15, 0.2) is 0 Å². The monoisotopic (exact) mass is 210 g/mol. The van der Waals surface area contributed by atoms with Crippen molar-refractivity contribution in [2.75, 3.05) is 0 Å². The third-order valence-corrected chi connectivity index (χ3v) is 4.13. The van der Waals surface area contributed by atoms with Gasteiger partial charge in [0.1, 0.15) is 11.9 Å². The van der Waals surface area contributed by atoms with E-state index in [9.17, 15) is 9.59 Å². The Hall–Kier alpha value is -0.860. The Balaban J connectivity index is 2.32. The van der Waals surface area contributed by atoms with E-state index in [2.05, 4.69) is 6.92 Å². The molecule has 3 atom stereocenters. The predicted molar refractivity (Wildman–Crippen MR) is 55.2 cm³/mol. The van der Waals surface area contributed by atoms with Gasteiger partial charge in [0.2, 0.25) is 0 Å². The molecule has 3 nitrogen and oxygen atoms in total. The van der Waals surface area contributed by atoms with E-state index >= 15 is 0 Å². The first-order valence-corrected chi connectivity index (χ1v) is 5.47. The van der Waals surface area contributed by atoms with E-state index in [-0.39, 0.29) is 28.8 Å². The summed E-state index contributed by atoms with van der Waals surface area (Å²) in [5.74, 6) is 0.173. The number of carbonyl (C=O) groups is 2. The Morgan fingerprint density at radius 3 is 2.40 bits per heavy atom. The molecular weight excluding hydrogens is 192 g/mol. The molecule has 0 aromatic heterocycles. The van der Waals surface area contributed by atoms with Crippen molar-refractivity contribution in [1.82, 2.24) is 0 Å². The van der Waals surface area contributed by atoms with Crippen molar-refractivity contribution >= 4 is 11.8 Å². The zero-order valence-corrected chi connectivity index (χ0v) is 9.79. The lowest BCUT2D eigenvalue weighted by Gasteiger charge is -2.40. The molecule has 0 spiro atoms. The molecule has 84 valence electrons. The second-order valence-corrected chi connectivity index (χ2v) is 5.86. The largest absolute Gasteiger partial charge is 0.461 e. The lowest BCUT2D eigenvalue weighted by atomic mass is 9.69. The highest BCUT2D eigenvalue weighted by Crippen LogP contribution is 2.61. The standard InChI is InChI=1S/C12H18O3/c1-7(13)15-10-11(2,3)8-5-12(10,4)6-9(8)14/h8,10H,5-6H2,1-4H3/t8-,10-,12+/m0/s1. The fourth-order valence-corrected chi connectivity index (χ4v) is 3.59. The van der Waals surface area contributed by atoms with Gasteiger partial charge in [0, 0.05) is 30.1 Å². The molecular formula is C12H18O3. The SMILES string of the molecule is CC(=O)O[C@H]1C(C)(C)[C@H]2C[C@]1(C)CC2=O. The van der Waals surface area contributed by atoms with Gasteiger partial charge >= 0.3 is 5.97 Å². The van der Waals surface area contributed by atoms with Crippen LogP contribution >= 0.6 is 0 Å². The molecule has 0 aliphatic heterocycles. The summed E-state index contributed by atoms with van der Waals surface area (Å²) in [6, 6.07) is 0. The number of hydrogen-bond acceptors (Lipinski definition) is 3. The average Bonchev–Trinajstić information content (AvgIpc) is 2.45. The van der Waals surface area contributed by atoms with Gasteiger partial charge in [0.15, 0.2) is 0 Å². The first-order chi connectivity index (χ1) is 6.77. The molecule has 0 aromatic rings. The number of rotatable bonds is 1. The van der Waals surface area contributed by atoms with Crippen molar-refractivity contribution < 1.29 is 14.3 Å². The highest BCUT2D eigenvalue weighted by molar-refractivity contribution is 5.86. The van der Waals surface area contributed by atoms with Crippen LogP contribution in [-0.4, -0.2) is 17.9 Å². The molecule has 0 unspecified atom stereocenters. The van der Waals surface area contributed by atoms with Gasteiger partial charge < -0.3 is 4.74 Å². The minimum absolute atomic E-state index is 0.0758. The van der Waals surface area contributed by atoms with Crippen molar-refractivity contribution in [3.8, 4) is 0 Å². The molecule has 0 amide bonds. The van der Waals surface area contributed by atoms with Crippen LogP contribution in [-0.2, 0) is 14.3 Å². The van der Waals surface area contributed by atoms with Crippen LogP contribution in [0.1, 0.15) is 40.5 Å². The van der Waals surface area contributed by atoms with E-state index in [0.29, 0.717) is 12.2 Å². The van der Waals surface area contributed by atoms with Gasteiger partial charge in [-0.1, -0.05) is 20.8 Å². The van der Waals surface area contributed by atoms with Crippen molar-refractivity contribution in [2.45, 2.75) is 46.6 Å². The summed E-state index contributed by atoms with van der Waals surface area (Å²) in [5.41, 5.74) is -0.327. The van der Waals surface area contributed by atoms with Crippen molar-refractivity contribution in [1.29, 1.82) is 0 Å². The normalized spacial score (nSPS) is 42.0. The van der Waals surface area contributed by atoms with Gasteiger partial charge in [-0.25, -0.2) is 0 Å². The molecule has 2 fully saturated rings. The zero-order chi connectivity index (χ0) is 11.4. The highest BCUT2D eigenvalue weighted by atomic mass is 16.5. The van der Waals surface area contributed by atoms with Gasteiger partial charge in [-0.15, -0.1) is 0 Å². The number of fused-ring (bicyclic) bond motifs is 2. The molecule has 0 radical (unpaired) electrons. The second kappa shape index (κ2) is 2.83. The quantitative estimate of drug-likeness (QED) is 0.621. The minimum Gasteiger partial charge on any atom is -0.461 e. The third kappa shape index (κ3) is 1.32. The van der Waals surface area contributed by atoms with E-state index in [1.54, 1.807) is 0 Å². The first-order valence-electron chi connectivity index (χ1n) is 5.47. The molecule has 0 N–H and O–H groups in total. The van der Waals surface area contributed by atoms with Crippen LogP contribution in [0.5, 0.6) is 0 Å². The summed E-state index contributed by atoms with van der Waals surface area (Å²) in [6.07, 6.45) is 1.33. The molecule has 0 aromatic carbocycles. The van der Waals surface area contributed by atoms with Crippen LogP contribution in [0, 0.1) is 16.7 Å². The average molecular weight is 210 g/mol. The zero-order valence-electron chi connectivity index (χ0n) is 9.79. The smallest absolute Gasteiger partial charge is 0.302 e. The molecule has 2 saturated carbocycles. The maximum atomic E-state index is 11.7. The molecule has 2 aliphatic rings. The molecule has 2 bridgehead atoms. The maximum Gasteiger partial charge on any atom is 0.302 e. The van der Waals surface area contributed by atoms with E-state index < -0.39 is 0 Å². The Labute approximate surface area is 90.2 Å². The number of ether oxygens (including phenoxy) is 1. The fraction of sp³-hybridized carbons (Fsp3) is 0.833. The molecule has 0 heterocycles. The van der Waals surface area contributed by atoms with Gasteiger partial charge in [-0.05, 0) is 6.42 Å². The van der Waals surface area contributed by atoms with Crippen molar-refractivity contribution in [3.63, 3.8) is 0 Å². The number of carbonyl (C=O) groups excluding carboxylic acids is 2. The fourth-order valence-electron chi connectivity index (χ4n) is 3.59. The number of esters is 1. The Morgan fingerprint density at radius 2 is 2.00 bits per heavy atom. The van der Waals surface area contributed by atoms with Crippen LogP contribution in [0.4, 0.5) is 0 Å². The highest BCUT2D eigenvalue weighted by Gasteiger charge is 2.65. The van der Waals surface area contributed by atoms with Gasteiger partial charge in [0.25, 0.3) is 0 Å². The summed E-state index contributed by atoms with van der Waals surface area (Å²) >= 11 is 0. The summed E-state index contributed by atoms with van der Waals surface area (Å²) in [4.78, 5) is 22.8. The molecule has 2 rings (SSSR count). The summed E-state index contributed by atoms with van der Waals surface area (Å²) in [7, 11) is 0. The molecule has 3 heteroatoms. The lowest BCUT2D eigenvalue weighted by molar-refractivity contribution is -0.164. The van der Waals surface area contributed by atoms with Crippen LogP contribution in [0.3, 0.4) is 0 Å². The van der Waals surface area contributed by atoms with Crippen LogP contribution in [0.25, 0.3) is 0 Å². The topological polar surface area (TPSA) is 43.4 Å². The van der Waals surface area contributed by atoms with Gasteiger partial charge in [-0.2, -0.15) is 0 Å². The molecule has 15 heavy (non-hydrogen) atoms. The summed E-state index contributed by atoms with van der Waals surface area (Å²) < 4.78 is 5.42.